The van der Waals surface area contributed by atoms with Crippen molar-refractivity contribution in [2.75, 3.05) is 39.8 Å². The molecule has 1 saturated heterocycles. The fourth-order valence-electron chi connectivity index (χ4n) is 1.90. The zero-order chi connectivity index (χ0) is 12.7. The lowest BCUT2D eigenvalue weighted by atomic mass is 10.2. The predicted molar refractivity (Wildman–Crippen MR) is 68.0 cm³/mol. The third kappa shape index (κ3) is 5.48. The van der Waals surface area contributed by atoms with Crippen LogP contribution in [0, 0.1) is 0 Å². The van der Waals surface area contributed by atoms with Gasteiger partial charge in [-0.15, -0.1) is 0 Å². The molecule has 2 atom stereocenters. The van der Waals surface area contributed by atoms with Gasteiger partial charge >= 0.3 is 0 Å². The molecule has 0 aromatic carbocycles. The largest absolute Gasteiger partial charge is 0.374 e. The first-order chi connectivity index (χ1) is 8.15. The summed E-state index contributed by atoms with van der Waals surface area (Å²) in [6.07, 6.45) is 1.17. The van der Waals surface area contributed by atoms with Gasteiger partial charge in [0.15, 0.2) is 0 Å². The third-order valence-electron chi connectivity index (χ3n) is 3.04. The number of hydrogen-bond donors (Lipinski definition) is 2. The van der Waals surface area contributed by atoms with Gasteiger partial charge < -0.3 is 15.4 Å². The molecule has 0 spiro atoms. The summed E-state index contributed by atoms with van der Waals surface area (Å²) < 4.78 is 5.60. The normalized spacial score (nSPS) is 23.4. The minimum absolute atomic E-state index is 0.115. The predicted octanol–water partition coefficient (Wildman–Crippen LogP) is -0.179. The van der Waals surface area contributed by atoms with E-state index in [0.29, 0.717) is 13.2 Å². The molecule has 5 nitrogen and oxygen atoms in total. The number of hydrogen-bond acceptors (Lipinski definition) is 4. The lowest BCUT2D eigenvalue weighted by Gasteiger charge is -2.32. The van der Waals surface area contributed by atoms with Crippen molar-refractivity contribution < 1.29 is 9.53 Å². The molecule has 0 aromatic rings. The van der Waals surface area contributed by atoms with Crippen LogP contribution in [0.2, 0.25) is 0 Å². The van der Waals surface area contributed by atoms with E-state index in [2.05, 4.69) is 22.5 Å². The number of likely N-dealkylation sites (N-methyl/N-ethyl adjacent to an activating group) is 1. The number of amides is 1. The van der Waals surface area contributed by atoms with Crippen LogP contribution in [0.4, 0.5) is 0 Å². The number of nitrogens with one attached hydrogen (secondary N) is 2. The number of rotatable bonds is 6. The fourth-order valence-corrected chi connectivity index (χ4v) is 1.90. The van der Waals surface area contributed by atoms with Gasteiger partial charge in [0.25, 0.3) is 0 Å². The molecule has 0 aliphatic carbocycles. The Balaban J connectivity index is 2.28. The number of carbonyl (C=O) groups is 1. The standard InChI is InChI=1S/C12H25N3O2/c1-4-10(2)14-12(16)9-15-5-6-17-11(8-15)7-13-3/h10-11,13H,4-9H2,1-3H3,(H,14,16). The van der Waals surface area contributed by atoms with Crippen molar-refractivity contribution in [3.8, 4) is 0 Å². The zero-order valence-corrected chi connectivity index (χ0v) is 11.2. The average molecular weight is 243 g/mol. The van der Waals surface area contributed by atoms with Crippen LogP contribution in [0.5, 0.6) is 0 Å². The van der Waals surface area contributed by atoms with E-state index in [0.717, 1.165) is 26.1 Å². The summed E-state index contributed by atoms with van der Waals surface area (Å²) in [7, 11) is 1.91. The SMILES string of the molecule is CCC(C)NC(=O)CN1CCOC(CNC)C1. The minimum Gasteiger partial charge on any atom is -0.374 e. The highest BCUT2D eigenvalue weighted by Crippen LogP contribution is 2.04. The molecule has 5 heteroatoms. The number of ether oxygens (including phenoxy) is 1. The van der Waals surface area contributed by atoms with E-state index in [-0.39, 0.29) is 18.1 Å². The molecule has 1 aliphatic rings. The van der Waals surface area contributed by atoms with Crippen molar-refractivity contribution >= 4 is 5.91 Å². The molecule has 0 saturated carbocycles. The lowest BCUT2D eigenvalue weighted by Crippen LogP contribution is -2.50. The van der Waals surface area contributed by atoms with E-state index in [1.165, 1.54) is 0 Å². The molecule has 1 aliphatic heterocycles. The Morgan fingerprint density at radius 3 is 3.00 bits per heavy atom. The van der Waals surface area contributed by atoms with Crippen LogP contribution in [0.1, 0.15) is 20.3 Å². The molecule has 0 aromatic heterocycles. The van der Waals surface area contributed by atoms with E-state index in [4.69, 9.17) is 4.74 Å². The van der Waals surface area contributed by atoms with E-state index < -0.39 is 0 Å². The van der Waals surface area contributed by atoms with Crippen molar-refractivity contribution in [1.29, 1.82) is 0 Å². The van der Waals surface area contributed by atoms with Crippen molar-refractivity contribution in [3.63, 3.8) is 0 Å². The highest BCUT2D eigenvalue weighted by Gasteiger charge is 2.21. The van der Waals surface area contributed by atoms with Crippen molar-refractivity contribution in [3.05, 3.63) is 0 Å². The maximum absolute atomic E-state index is 11.7. The number of nitrogens with zero attached hydrogens (tertiary/aromatic N) is 1. The number of carbonyl (C=O) groups excluding carboxylic acids is 1. The smallest absolute Gasteiger partial charge is 0.234 e. The Labute approximate surface area is 104 Å². The monoisotopic (exact) mass is 243 g/mol. The van der Waals surface area contributed by atoms with E-state index in [1.807, 2.05) is 14.0 Å². The van der Waals surface area contributed by atoms with Gasteiger partial charge in [-0.2, -0.15) is 0 Å². The van der Waals surface area contributed by atoms with Gasteiger partial charge in [0, 0.05) is 25.7 Å². The minimum atomic E-state index is 0.115. The van der Waals surface area contributed by atoms with Crippen LogP contribution >= 0.6 is 0 Å². The quantitative estimate of drug-likeness (QED) is 0.679. The highest BCUT2D eigenvalue weighted by atomic mass is 16.5. The molecule has 1 amide bonds. The maximum atomic E-state index is 11.7. The van der Waals surface area contributed by atoms with Gasteiger partial charge in [0.2, 0.25) is 5.91 Å². The molecule has 1 rings (SSSR count). The van der Waals surface area contributed by atoms with Gasteiger partial charge in [-0.3, -0.25) is 9.69 Å². The van der Waals surface area contributed by atoms with Crippen LogP contribution in [-0.4, -0.2) is 62.8 Å². The molecular weight excluding hydrogens is 218 g/mol. The molecule has 2 N–H and O–H groups in total. The fraction of sp³-hybridized carbons (Fsp3) is 0.917. The van der Waals surface area contributed by atoms with Gasteiger partial charge in [0.05, 0.1) is 19.3 Å². The van der Waals surface area contributed by atoms with Gasteiger partial charge in [-0.05, 0) is 20.4 Å². The van der Waals surface area contributed by atoms with Crippen molar-refractivity contribution in [2.45, 2.75) is 32.4 Å². The van der Waals surface area contributed by atoms with Crippen LogP contribution < -0.4 is 10.6 Å². The first-order valence-corrected chi connectivity index (χ1v) is 6.43. The highest BCUT2D eigenvalue weighted by molar-refractivity contribution is 5.78. The average Bonchev–Trinajstić information content (AvgIpc) is 2.29. The van der Waals surface area contributed by atoms with Crippen LogP contribution in [0.25, 0.3) is 0 Å². The van der Waals surface area contributed by atoms with Crippen molar-refractivity contribution in [2.24, 2.45) is 0 Å². The van der Waals surface area contributed by atoms with Crippen LogP contribution in [0.3, 0.4) is 0 Å². The van der Waals surface area contributed by atoms with Crippen LogP contribution in [-0.2, 0) is 9.53 Å². The van der Waals surface area contributed by atoms with Gasteiger partial charge in [0.1, 0.15) is 0 Å². The zero-order valence-electron chi connectivity index (χ0n) is 11.2. The van der Waals surface area contributed by atoms with E-state index in [1.54, 1.807) is 0 Å². The second kappa shape index (κ2) is 7.63. The lowest BCUT2D eigenvalue weighted by molar-refractivity contribution is -0.124. The van der Waals surface area contributed by atoms with Gasteiger partial charge in [-0.1, -0.05) is 6.92 Å². The molecule has 0 radical (unpaired) electrons. The van der Waals surface area contributed by atoms with E-state index >= 15 is 0 Å². The summed E-state index contributed by atoms with van der Waals surface area (Å²) in [6.45, 7) is 7.80. The maximum Gasteiger partial charge on any atom is 0.234 e. The Kier molecular flexibility index (Phi) is 6.47. The van der Waals surface area contributed by atoms with Gasteiger partial charge in [-0.25, -0.2) is 0 Å². The first kappa shape index (κ1) is 14.4. The molecule has 2 unspecified atom stereocenters. The Hall–Kier alpha value is -0.650. The summed E-state index contributed by atoms with van der Waals surface area (Å²) in [6, 6.07) is 0.261. The van der Waals surface area contributed by atoms with Crippen molar-refractivity contribution in [1.82, 2.24) is 15.5 Å². The summed E-state index contributed by atoms with van der Waals surface area (Å²) in [5.74, 6) is 0.115. The summed E-state index contributed by atoms with van der Waals surface area (Å²) in [4.78, 5) is 13.9. The third-order valence-corrected chi connectivity index (χ3v) is 3.04. The second-order valence-electron chi connectivity index (χ2n) is 4.66. The molecule has 1 fully saturated rings. The topological polar surface area (TPSA) is 53.6 Å². The Morgan fingerprint density at radius 2 is 2.35 bits per heavy atom. The Bertz CT molecular complexity index is 234. The molecule has 100 valence electrons. The molecule has 17 heavy (non-hydrogen) atoms. The van der Waals surface area contributed by atoms with E-state index in [9.17, 15) is 4.79 Å². The summed E-state index contributed by atoms with van der Waals surface area (Å²) in [5.41, 5.74) is 0. The molecular formula is C12H25N3O2. The molecule has 0 bridgehead atoms. The second-order valence-corrected chi connectivity index (χ2v) is 4.66. The summed E-state index contributed by atoms with van der Waals surface area (Å²) >= 11 is 0. The molecule has 1 heterocycles. The first-order valence-electron chi connectivity index (χ1n) is 6.43. The number of morpholine rings is 1. The Morgan fingerprint density at radius 1 is 1.59 bits per heavy atom. The van der Waals surface area contributed by atoms with Crippen LogP contribution in [0.15, 0.2) is 0 Å². The summed E-state index contributed by atoms with van der Waals surface area (Å²) in [5, 5.41) is 6.09.